The molecule has 2 heterocycles. The Kier molecular flexibility index (Phi) is 2.70. The quantitative estimate of drug-likeness (QED) is 0.734. The highest BCUT2D eigenvalue weighted by Crippen LogP contribution is 2.40. The zero-order chi connectivity index (χ0) is 14.4. The number of fused-ring (bicyclic) bond motifs is 1. The second kappa shape index (κ2) is 4.58. The standard InChI is InChI=1S/C17H15FN2O/c18-15-7-11(4-5-16(15)21)12-6-13-14(10-2-1-3-10)9-20-17(13)19-8-12/h4-10,21H,1-3H2,(H,19,20). The molecule has 4 heteroatoms. The van der Waals surface area contributed by atoms with E-state index < -0.39 is 5.82 Å². The summed E-state index contributed by atoms with van der Waals surface area (Å²) >= 11 is 0. The van der Waals surface area contributed by atoms with Crippen molar-refractivity contribution in [2.75, 3.05) is 0 Å². The number of nitrogens with one attached hydrogen (secondary N) is 1. The lowest BCUT2D eigenvalue weighted by Crippen LogP contribution is -2.07. The van der Waals surface area contributed by atoms with Crippen molar-refractivity contribution in [1.82, 2.24) is 9.97 Å². The van der Waals surface area contributed by atoms with E-state index >= 15 is 0 Å². The monoisotopic (exact) mass is 282 g/mol. The van der Waals surface area contributed by atoms with Crippen LogP contribution in [0.25, 0.3) is 22.2 Å². The molecule has 21 heavy (non-hydrogen) atoms. The number of halogens is 1. The number of phenolic OH excluding ortho intramolecular Hbond substituents is 1. The van der Waals surface area contributed by atoms with Crippen molar-refractivity contribution in [2.24, 2.45) is 0 Å². The van der Waals surface area contributed by atoms with Crippen molar-refractivity contribution in [3.63, 3.8) is 0 Å². The number of benzene rings is 1. The zero-order valence-corrected chi connectivity index (χ0v) is 11.4. The topological polar surface area (TPSA) is 48.9 Å². The molecule has 2 aromatic heterocycles. The van der Waals surface area contributed by atoms with E-state index in [1.54, 1.807) is 12.3 Å². The molecule has 1 saturated carbocycles. The van der Waals surface area contributed by atoms with Gasteiger partial charge in [0, 0.05) is 23.3 Å². The maximum atomic E-state index is 13.5. The predicted molar refractivity (Wildman–Crippen MR) is 79.7 cm³/mol. The van der Waals surface area contributed by atoms with Gasteiger partial charge in [-0.25, -0.2) is 9.37 Å². The average Bonchev–Trinajstić information content (AvgIpc) is 2.83. The summed E-state index contributed by atoms with van der Waals surface area (Å²) in [5.74, 6) is -0.321. The van der Waals surface area contributed by atoms with Crippen molar-refractivity contribution in [2.45, 2.75) is 25.2 Å². The second-order valence-corrected chi connectivity index (χ2v) is 5.66. The van der Waals surface area contributed by atoms with Crippen LogP contribution in [0, 0.1) is 5.82 Å². The Morgan fingerprint density at radius 1 is 1.19 bits per heavy atom. The summed E-state index contributed by atoms with van der Waals surface area (Å²) in [6.07, 6.45) is 7.52. The van der Waals surface area contributed by atoms with Crippen LogP contribution in [0.4, 0.5) is 4.39 Å². The first-order valence-corrected chi connectivity index (χ1v) is 7.18. The van der Waals surface area contributed by atoms with E-state index in [-0.39, 0.29) is 5.75 Å². The molecule has 106 valence electrons. The largest absolute Gasteiger partial charge is 0.505 e. The normalized spacial score (nSPS) is 15.3. The van der Waals surface area contributed by atoms with Gasteiger partial charge in [0.15, 0.2) is 11.6 Å². The molecule has 0 saturated heterocycles. The van der Waals surface area contributed by atoms with Crippen LogP contribution in [-0.2, 0) is 0 Å². The van der Waals surface area contributed by atoms with Crippen LogP contribution >= 0.6 is 0 Å². The Bertz CT molecular complexity index is 821. The van der Waals surface area contributed by atoms with Gasteiger partial charge in [0.2, 0.25) is 0 Å². The summed E-state index contributed by atoms with van der Waals surface area (Å²) in [4.78, 5) is 7.64. The third-order valence-corrected chi connectivity index (χ3v) is 4.39. The van der Waals surface area contributed by atoms with E-state index in [1.165, 1.54) is 37.0 Å². The first-order chi connectivity index (χ1) is 10.2. The van der Waals surface area contributed by atoms with Gasteiger partial charge in [0.25, 0.3) is 0 Å². The number of hydrogen-bond donors (Lipinski definition) is 2. The highest BCUT2D eigenvalue weighted by Gasteiger charge is 2.22. The molecule has 3 aromatic rings. The molecule has 2 N–H and O–H groups in total. The molecule has 0 atom stereocenters. The SMILES string of the molecule is Oc1ccc(-c2cnc3[nH]cc(C4CCC4)c3c2)cc1F. The summed E-state index contributed by atoms with van der Waals surface area (Å²) in [5, 5.41) is 10.4. The first kappa shape index (κ1) is 12.4. The predicted octanol–water partition coefficient (Wildman–Crippen LogP) is 4.34. The van der Waals surface area contributed by atoms with Crippen molar-refractivity contribution in [1.29, 1.82) is 0 Å². The number of H-pyrrole nitrogens is 1. The van der Waals surface area contributed by atoms with Gasteiger partial charge in [0.05, 0.1) is 0 Å². The maximum Gasteiger partial charge on any atom is 0.165 e. The van der Waals surface area contributed by atoms with Crippen LogP contribution in [0.2, 0.25) is 0 Å². The van der Waals surface area contributed by atoms with Crippen LogP contribution in [0.15, 0.2) is 36.7 Å². The van der Waals surface area contributed by atoms with Gasteiger partial charge in [-0.3, -0.25) is 0 Å². The Hall–Kier alpha value is -2.36. The molecule has 0 aliphatic heterocycles. The molecule has 4 rings (SSSR count). The number of aromatic amines is 1. The van der Waals surface area contributed by atoms with Gasteiger partial charge < -0.3 is 10.1 Å². The highest BCUT2D eigenvalue weighted by molar-refractivity contribution is 5.85. The summed E-state index contributed by atoms with van der Waals surface area (Å²) in [7, 11) is 0. The van der Waals surface area contributed by atoms with Gasteiger partial charge in [-0.15, -0.1) is 0 Å². The van der Waals surface area contributed by atoms with E-state index in [1.807, 2.05) is 6.20 Å². The zero-order valence-electron chi connectivity index (χ0n) is 11.4. The molecule has 3 nitrogen and oxygen atoms in total. The van der Waals surface area contributed by atoms with Gasteiger partial charge in [-0.2, -0.15) is 0 Å². The molecular weight excluding hydrogens is 267 g/mol. The van der Waals surface area contributed by atoms with Crippen LogP contribution in [0.3, 0.4) is 0 Å². The third kappa shape index (κ3) is 1.98. The van der Waals surface area contributed by atoms with Crippen molar-refractivity contribution in [3.05, 3.63) is 48.0 Å². The van der Waals surface area contributed by atoms with E-state index in [4.69, 9.17) is 0 Å². The van der Waals surface area contributed by atoms with E-state index in [2.05, 4.69) is 16.0 Å². The Morgan fingerprint density at radius 2 is 2.05 bits per heavy atom. The van der Waals surface area contributed by atoms with Crippen molar-refractivity contribution in [3.8, 4) is 16.9 Å². The lowest BCUT2D eigenvalue weighted by atomic mass is 9.80. The van der Waals surface area contributed by atoms with Gasteiger partial charge in [-0.05, 0) is 48.1 Å². The number of pyridine rings is 1. The minimum absolute atomic E-state index is 0.329. The second-order valence-electron chi connectivity index (χ2n) is 5.66. The lowest BCUT2D eigenvalue weighted by molar-refractivity contribution is 0.422. The van der Waals surface area contributed by atoms with E-state index in [0.29, 0.717) is 5.92 Å². The Morgan fingerprint density at radius 3 is 2.76 bits per heavy atom. The number of rotatable bonds is 2. The first-order valence-electron chi connectivity index (χ1n) is 7.18. The van der Waals surface area contributed by atoms with Crippen LogP contribution in [0.5, 0.6) is 5.75 Å². The maximum absolute atomic E-state index is 13.5. The minimum Gasteiger partial charge on any atom is -0.505 e. The number of phenols is 1. The van der Waals surface area contributed by atoms with Crippen molar-refractivity contribution < 1.29 is 9.50 Å². The number of aromatic hydroxyl groups is 1. The van der Waals surface area contributed by atoms with Crippen LogP contribution < -0.4 is 0 Å². The molecule has 0 amide bonds. The molecule has 1 aromatic carbocycles. The van der Waals surface area contributed by atoms with Gasteiger partial charge in [0.1, 0.15) is 5.65 Å². The molecule has 1 aliphatic rings. The third-order valence-electron chi connectivity index (χ3n) is 4.39. The van der Waals surface area contributed by atoms with E-state index in [0.717, 1.165) is 22.2 Å². The average molecular weight is 282 g/mol. The Balaban J connectivity index is 1.83. The smallest absolute Gasteiger partial charge is 0.165 e. The molecule has 1 aliphatic carbocycles. The number of aromatic nitrogens is 2. The summed E-state index contributed by atoms with van der Waals surface area (Å²) in [6, 6.07) is 6.47. The number of nitrogens with zero attached hydrogens (tertiary/aromatic N) is 1. The van der Waals surface area contributed by atoms with Crippen molar-refractivity contribution >= 4 is 11.0 Å². The van der Waals surface area contributed by atoms with Crippen LogP contribution in [0.1, 0.15) is 30.7 Å². The fourth-order valence-electron chi connectivity index (χ4n) is 2.93. The Labute approximate surface area is 121 Å². The molecule has 0 radical (unpaired) electrons. The molecular formula is C17H15FN2O. The lowest BCUT2D eigenvalue weighted by Gasteiger charge is -2.24. The summed E-state index contributed by atoms with van der Waals surface area (Å²) in [5.41, 5.74) is 3.77. The summed E-state index contributed by atoms with van der Waals surface area (Å²) < 4.78 is 13.5. The fraction of sp³-hybridized carbons (Fsp3) is 0.235. The highest BCUT2D eigenvalue weighted by atomic mass is 19.1. The minimum atomic E-state index is -0.610. The molecule has 0 unspecified atom stereocenters. The van der Waals surface area contributed by atoms with Gasteiger partial charge in [-0.1, -0.05) is 12.5 Å². The molecule has 1 fully saturated rings. The van der Waals surface area contributed by atoms with Crippen LogP contribution in [-0.4, -0.2) is 15.1 Å². The molecule has 0 spiro atoms. The fourth-order valence-corrected chi connectivity index (χ4v) is 2.93. The van der Waals surface area contributed by atoms with E-state index in [9.17, 15) is 9.50 Å². The van der Waals surface area contributed by atoms with Gasteiger partial charge >= 0.3 is 0 Å². The molecule has 0 bridgehead atoms. The summed E-state index contributed by atoms with van der Waals surface area (Å²) in [6.45, 7) is 0. The number of hydrogen-bond acceptors (Lipinski definition) is 2.